The van der Waals surface area contributed by atoms with E-state index in [1.165, 1.54) is 0 Å². The van der Waals surface area contributed by atoms with Crippen LogP contribution >= 0.6 is 0 Å². The van der Waals surface area contributed by atoms with E-state index in [0.29, 0.717) is 6.61 Å². The molecule has 1 aliphatic carbocycles. The molecule has 0 heterocycles. The Hall–Kier alpha value is -0.950. The predicted molar refractivity (Wildman–Crippen MR) is 77.8 cm³/mol. The van der Waals surface area contributed by atoms with Crippen LogP contribution in [0.5, 0.6) is 0 Å². The maximum absolute atomic E-state index is 12.3. The zero-order valence-electron chi connectivity index (χ0n) is 11.9. The number of rotatable bonds is 6. The Kier molecular flexibility index (Phi) is 4.80. The van der Waals surface area contributed by atoms with Gasteiger partial charge in [-0.25, -0.2) is 13.1 Å². The second-order valence-corrected chi connectivity index (χ2v) is 6.94. The molecule has 1 atom stereocenters. The molecular formula is C14H22N2O3S. The van der Waals surface area contributed by atoms with Gasteiger partial charge in [0.15, 0.2) is 0 Å². The van der Waals surface area contributed by atoms with Crippen LogP contribution in [-0.2, 0) is 14.8 Å². The van der Waals surface area contributed by atoms with Crippen molar-refractivity contribution in [1.29, 1.82) is 0 Å². The first-order valence-corrected chi connectivity index (χ1v) is 8.40. The summed E-state index contributed by atoms with van der Waals surface area (Å²) in [7, 11) is -3.48. The van der Waals surface area contributed by atoms with Gasteiger partial charge in [-0.1, -0.05) is 12.1 Å². The molecule has 112 valence electrons. The van der Waals surface area contributed by atoms with Gasteiger partial charge in [0, 0.05) is 18.7 Å². The van der Waals surface area contributed by atoms with E-state index in [4.69, 9.17) is 10.5 Å². The van der Waals surface area contributed by atoms with Crippen molar-refractivity contribution in [2.24, 2.45) is 5.73 Å². The van der Waals surface area contributed by atoms with E-state index in [2.05, 4.69) is 4.72 Å². The van der Waals surface area contributed by atoms with Crippen LogP contribution in [0, 0.1) is 0 Å². The van der Waals surface area contributed by atoms with Gasteiger partial charge in [-0.3, -0.25) is 0 Å². The fourth-order valence-electron chi connectivity index (χ4n) is 2.29. The van der Waals surface area contributed by atoms with E-state index in [-0.39, 0.29) is 23.1 Å². The Morgan fingerprint density at radius 2 is 2.15 bits per heavy atom. The lowest BCUT2D eigenvalue weighted by molar-refractivity contribution is -0.00475. The molecule has 1 unspecified atom stereocenters. The smallest absolute Gasteiger partial charge is 0.240 e. The van der Waals surface area contributed by atoms with Crippen LogP contribution in [-0.4, -0.2) is 27.2 Å². The highest BCUT2D eigenvalue weighted by Crippen LogP contribution is 2.25. The van der Waals surface area contributed by atoms with Crippen molar-refractivity contribution >= 4 is 10.0 Å². The Bertz CT molecular complexity index is 551. The molecule has 6 heteroatoms. The molecule has 2 rings (SSSR count). The average molecular weight is 298 g/mol. The van der Waals surface area contributed by atoms with Crippen LogP contribution in [0.1, 0.15) is 38.3 Å². The summed E-state index contributed by atoms with van der Waals surface area (Å²) in [6, 6.07) is 6.56. The first-order chi connectivity index (χ1) is 9.42. The second kappa shape index (κ2) is 6.22. The van der Waals surface area contributed by atoms with Gasteiger partial charge < -0.3 is 10.5 Å². The average Bonchev–Trinajstić information content (AvgIpc) is 2.36. The van der Waals surface area contributed by atoms with Crippen molar-refractivity contribution < 1.29 is 13.2 Å². The highest BCUT2D eigenvalue weighted by Gasteiger charge is 2.33. The largest absolute Gasteiger partial charge is 0.378 e. The monoisotopic (exact) mass is 298 g/mol. The summed E-state index contributed by atoms with van der Waals surface area (Å²) in [5.41, 5.74) is 6.60. The molecule has 0 aliphatic heterocycles. The summed E-state index contributed by atoms with van der Waals surface area (Å²) in [5.74, 6) is 0. The third kappa shape index (κ3) is 3.58. The molecule has 0 saturated heterocycles. The molecular weight excluding hydrogens is 276 g/mol. The fraction of sp³-hybridized carbons (Fsp3) is 0.571. The maximum Gasteiger partial charge on any atom is 0.240 e. The predicted octanol–water partition coefficient (Wildman–Crippen LogP) is 1.55. The molecule has 1 fully saturated rings. The molecule has 0 radical (unpaired) electrons. The normalized spacial score (nSPS) is 24.1. The van der Waals surface area contributed by atoms with Crippen molar-refractivity contribution in [3.8, 4) is 0 Å². The van der Waals surface area contributed by atoms with E-state index < -0.39 is 10.0 Å². The lowest BCUT2D eigenvalue weighted by Crippen LogP contribution is -2.47. The molecule has 5 nitrogen and oxygen atoms in total. The van der Waals surface area contributed by atoms with Gasteiger partial charge in [0.05, 0.1) is 11.0 Å². The van der Waals surface area contributed by atoms with Crippen LogP contribution in [0.3, 0.4) is 0 Å². The third-order valence-electron chi connectivity index (χ3n) is 3.51. The fourth-order valence-corrected chi connectivity index (χ4v) is 3.60. The number of nitrogens with two attached hydrogens (primary N) is 1. The molecule has 1 aromatic rings. The Morgan fingerprint density at radius 3 is 2.75 bits per heavy atom. The van der Waals surface area contributed by atoms with Crippen LogP contribution in [0.4, 0.5) is 0 Å². The van der Waals surface area contributed by atoms with Gasteiger partial charge in [-0.2, -0.15) is 0 Å². The van der Waals surface area contributed by atoms with Crippen LogP contribution in [0.25, 0.3) is 0 Å². The van der Waals surface area contributed by atoms with Gasteiger partial charge in [0.25, 0.3) is 0 Å². The first-order valence-electron chi connectivity index (χ1n) is 6.92. The Labute approximate surface area is 120 Å². The molecule has 1 aliphatic rings. The maximum atomic E-state index is 12.3. The van der Waals surface area contributed by atoms with E-state index >= 15 is 0 Å². The van der Waals surface area contributed by atoms with E-state index in [9.17, 15) is 8.42 Å². The minimum Gasteiger partial charge on any atom is -0.378 e. The molecule has 0 bridgehead atoms. The molecule has 20 heavy (non-hydrogen) atoms. The van der Waals surface area contributed by atoms with Crippen molar-refractivity contribution in [3.05, 3.63) is 29.8 Å². The van der Waals surface area contributed by atoms with E-state index in [0.717, 1.165) is 18.4 Å². The molecule has 0 spiro atoms. The number of hydrogen-bond acceptors (Lipinski definition) is 4. The zero-order chi connectivity index (χ0) is 14.8. The summed E-state index contributed by atoms with van der Waals surface area (Å²) < 4.78 is 32.7. The number of hydrogen-bond donors (Lipinski definition) is 2. The van der Waals surface area contributed by atoms with Crippen LogP contribution in [0.2, 0.25) is 0 Å². The quantitative estimate of drug-likeness (QED) is 0.835. The lowest BCUT2D eigenvalue weighted by Gasteiger charge is -2.35. The van der Waals surface area contributed by atoms with Gasteiger partial charge in [-0.15, -0.1) is 0 Å². The summed E-state index contributed by atoms with van der Waals surface area (Å²) in [4.78, 5) is 0.271. The van der Waals surface area contributed by atoms with Gasteiger partial charge in [0.2, 0.25) is 10.0 Å². The number of benzene rings is 1. The molecule has 0 aromatic heterocycles. The summed E-state index contributed by atoms with van der Waals surface area (Å²) in [6.07, 6.45) is 1.66. The lowest BCUT2D eigenvalue weighted by atomic mass is 9.90. The van der Waals surface area contributed by atoms with Gasteiger partial charge >= 0.3 is 0 Å². The van der Waals surface area contributed by atoms with Gasteiger partial charge in [0.1, 0.15) is 0 Å². The number of nitrogens with one attached hydrogen (secondary N) is 1. The summed E-state index contributed by atoms with van der Waals surface area (Å²) in [5, 5.41) is 0. The Morgan fingerprint density at radius 1 is 1.45 bits per heavy atom. The SMILES string of the molecule is CCOC1CC(NS(=O)(=O)c2cccc(C(C)N)c2)C1. The zero-order valence-corrected chi connectivity index (χ0v) is 12.7. The van der Waals surface area contributed by atoms with E-state index in [1.807, 2.05) is 19.9 Å². The third-order valence-corrected chi connectivity index (χ3v) is 5.03. The standard InChI is InChI=1S/C14H22N2O3S/c1-3-19-13-8-12(9-13)16-20(17,18)14-6-4-5-11(7-14)10(2)15/h4-7,10,12-13,16H,3,8-9,15H2,1-2H3. The second-order valence-electron chi connectivity index (χ2n) is 5.23. The summed E-state index contributed by atoms with van der Waals surface area (Å²) >= 11 is 0. The topological polar surface area (TPSA) is 81.4 Å². The Balaban J connectivity index is 2.02. The number of ether oxygens (including phenoxy) is 1. The minimum absolute atomic E-state index is 0.0319. The van der Waals surface area contributed by atoms with Crippen molar-refractivity contribution in [3.63, 3.8) is 0 Å². The number of sulfonamides is 1. The van der Waals surface area contributed by atoms with Gasteiger partial charge in [-0.05, 0) is 44.4 Å². The molecule has 1 aromatic carbocycles. The van der Waals surface area contributed by atoms with E-state index in [1.54, 1.807) is 18.2 Å². The highest BCUT2D eigenvalue weighted by molar-refractivity contribution is 7.89. The van der Waals surface area contributed by atoms with Crippen molar-refractivity contribution in [2.75, 3.05) is 6.61 Å². The minimum atomic E-state index is -3.48. The van der Waals surface area contributed by atoms with Crippen LogP contribution in [0.15, 0.2) is 29.2 Å². The van der Waals surface area contributed by atoms with Crippen LogP contribution < -0.4 is 10.5 Å². The summed E-state index contributed by atoms with van der Waals surface area (Å²) in [6.45, 7) is 4.44. The van der Waals surface area contributed by atoms with Crippen molar-refractivity contribution in [2.45, 2.75) is 49.8 Å². The molecule has 1 saturated carbocycles. The van der Waals surface area contributed by atoms with Crippen molar-refractivity contribution in [1.82, 2.24) is 4.72 Å². The molecule has 3 N–H and O–H groups in total. The highest BCUT2D eigenvalue weighted by atomic mass is 32.2. The first kappa shape index (κ1) is 15.4. The molecule has 0 amide bonds.